The molecule has 3 rings (SSSR count). The standard InChI is InChI=1S/C16H15F2N3O/c1-10-7-20-15(8-19-10)16(22)21(13-4-5-13)9-11-2-3-12(17)6-14(11)18/h2-3,6-8,13H,4-5,9H2,1H3. The van der Waals surface area contributed by atoms with E-state index in [1.54, 1.807) is 11.8 Å². The summed E-state index contributed by atoms with van der Waals surface area (Å²) in [6, 6.07) is 3.48. The van der Waals surface area contributed by atoms with E-state index in [1.165, 1.54) is 24.5 Å². The minimum Gasteiger partial charge on any atom is -0.330 e. The summed E-state index contributed by atoms with van der Waals surface area (Å²) in [7, 11) is 0. The van der Waals surface area contributed by atoms with E-state index in [4.69, 9.17) is 0 Å². The highest BCUT2D eigenvalue weighted by molar-refractivity contribution is 5.92. The predicted octanol–water partition coefficient (Wildman–Crippen LogP) is 2.87. The molecule has 1 heterocycles. The van der Waals surface area contributed by atoms with Crippen LogP contribution in [0.15, 0.2) is 30.6 Å². The normalized spacial score (nSPS) is 14.0. The molecule has 114 valence electrons. The van der Waals surface area contributed by atoms with E-state index in [0.717, 1.165) is 24.6 Å². The first-order valence-electron chi connectivity index (χ1n) is 7.08. The fourth-order valence-electron chi connectivity index (χ4n) is 2.24. The summed E-state index contributed by atoms with van der Waals surface area (Å²) in [5.41, 5.74) is 1.25. The minimum absolute atomic E-state index is 0.0834. The van der Waals surface area contributed by atoms with Crippen molar-refractivity contribution in [2.45, 2.75) is 32.4 Å². The molecule has 1 aliphatic rings. The second kappa shape index (κ2) is 5.79. The van der Waals surface area contributed by atoms with E-state index in [-0.39, 0.29) is 24.2 Å². The van der Waals surface area contributed by atoms with Crippen molar-refractivity contribution in [3.05, 3.63) is 59.2 Å². The molecule has 0 aliphatic heterocycles. The Morgan fingerprint density at radius 2 is 2.05 bits per heavy atom. The van der Waals surface area contributed by atoms with Gasteiger partial charge in [-0.3, -0.25) is 9.78 Å². The summed E-state index contributed by atoms with van der Waals surface area (Å²) in [4.78, 5) is 22.3. The molecular formula is C16H15F2N3O. The van der Waals surface area contributed by atoms with Gasteiger partial charge in [-0.15, -0.1) is 0 Å². The topological polar surface area (TPSA) is 46.1 Å². The van der Waals surface area contributed by atoms with Crippen molar-refractivity contribution in [1.82, 2.24) is 14.9 Å². The molecule has 1 saturated carbocycles. The van der Waals surface area contributed by atoms with E-state index in [0.29, 0.717) is 5.56 Å². The highest BCUT2D eigenvalue weighted by Crippen LogP contribution is 2.30. The van der Waals surface area contributed by atoms with Gasteiger partial charge in [-0.05, 0) is 25.8 Å². The van der Waals surface area contributed by atoms with E-state index in [1.807, 2.05) is 0 Å². The predicted molar refractivity (Wildman–Crippen MR) is 76.0 cm³/mol. The maximum atomic E-state index is 13.8. The van der Waals surface area contributed by atoms with Crippen LogP contribution in [0.25, 0.3) is 0 Å². The molecule has 1 aromatic heterocycles. The lowest BCUT2D eigenvalue weighted by Gasteiger charge is -2.22. The third-order valence-corrected chi connectivity index (χ3v) is 3.60. The van der Waals surface area contributed by atoms with Crippen molar-refractivity contribution in [3.63, 3.8) is 0 Å². The van der Waals surface area contributed by atoms with Gasteiger partial charge >= 0.3 is 0 Å². The lowest BCUT2D eigenvalue weighted by molar-refractivity contribution is 0.0721. The summed E-state index contributed by atoms with van der Waals surface area (Å²) in [5, 5.41) is 0. The molecule has 0 bridgehead atoms. The Kier molecular flexibility index (Phi) is 3.83. The molecule has 0 saturated heterocycles. The van der Waals surface area contributed by atoms with Crippen LogP contribution in [0, 0.1) is 18.6 Å². The molecule has 0 N–H and O–H groups in total. The van der Waals surface area contributed by atoms with Gasteiger partial charge in [-0.2, -0.15) is 0 Å². The number of carbonyl (C=O) groups is 1. The average Bonchev–Trinajstić information content (AvgIpc) is 3.31. The van der Waals surface area contributed by atoms with Crippen LogP contribution in [-0.4, -0.2) is 26.8 Å². The zero-order chi connectivity index (χ0) is 15.7. The minimum atomic E-state index is -0.645. The molecule has 1 amide bonds. The second-order valence-corrected chi connectivity index (χ2v) is 5.44. The summed E-state index contributed by atoms with van der Waals surface area (Å²) in [6.07, 6.45) is 4.71. The van der Waals surface area contributed by atoms with E-state index in [2.05, 4.69) is 9.97 Å². The van der Waals surface area contributed by atoms with Gasteiger partial charge in [-0.1, -0.05) is 6.07 Å². The summed E-state index contributed by atoms with van der Waals surface area (Å²) < 4.78 is 26.8. The summed E-state index contributed by atoms with van der Waals surface area (Å²) >= 11 is 0. The number of hydrogen-bond acceptors (Lipinski definition) is 3. The van der Waals surface area contributed by atoms with Gasteiger partial charge in [0.05, 0.1) is 11.9 Å². The van der Waals surface area contributed by atoms with Crippen LogP contribution in [-0.2, 0) is 6.54 Å². The van der Waals surface area contributed by atoms with Crippen molar-refractivity contribution in [2.75, 3.05) is 0 Å². The van der Waals surface area contributed by atoms with Gasteiger partial charge in [-0.25, -0.2) is 13.8 Å². The maximum Gasteiger partial charge on any atom is 0.274 e. The van der Waals surface area contributed by atoms with Gasteiger partial charge in [0.1, 0.15) is 17.3 Å². The molecule has 0 unspecified atom stereocenters. The number of hydrogen-bond donors (Lipinski definition) is 0. The Morgan fingerprint density at radius 3 is 2.64 bits per heavy atom. The number of rotatable bonds is 4. The quantitative estimate of drug-likeness (QED) is 0.872. The molecule has 1 aromatic carbocycles. The smallest absolute Gasteiger partial charge is 0.274 e. The lowest BCUT2D eigenvalue weighted by Crippen LogP contribution is -2.33. The molecule has 0 atom stereocenters. The van der Waals surface area contributed by atoms with Gasteiger partial charge in [0.25, 0.3) is 5.91 Å². The van der Waals surface area contributed by atoms with Gasteiger partial charge < -0.3 is 4.90 Å². The van der Waals surface area contributed by atoms with Crippen molar-refractivity contribution >= 4 is 5.91 Å². The number of nitrogens with zero attached hydrogens (tertiary/aromatic N) is 3. The van der Waals surface area contributed by atoms with Crippen LogP contribution in [0.4, 0.5) is 8.78 Å². The first-order valence-corrected chi connectivity index (χ1v) is 7.08. The summed E-state index contributed by atoms with van der Waals surface area (Å²) in [6.45, 7) is 1.89. The van der Waals surface area contributed by atoms with Gasteiger partial charge in [0, 0.05) is 30.4 Å². The molecule has 6 heteroatoms. The van der Waals surface area contributed by atoms with Crippen molar-refractivity contribution in [1.29, 1.82) is 0 Å². The van der Waals surface area contributed by atoms with Crippen molar-refractivity contribution < 1.29 is 13.6 Å². The Bertz CT molecular complexity index is 699. The SMILES string of the molecule is Cc1cnc(C(=O)N(Cc2ccc(F)cc2F)C2CC2)cn1. The number of halogens is 2. The Hall–Kier alpha value is -2.37. The molecular weight excluding hydrogens is 288 g/mol. The van der Waals surface area contributed by atoms with E-state index < -0.39 is 11.6 Å². The van der Waals surface area contributed by atoms with Crippen LogP contribution >= 0.6 is 0 Å². The average molecular weight is 303 g/mol. The van der Waals surface area contributed by atoms with Crippen LogP contribution in [0.5, 0.6) is 0 Å². The first kappa shape index (κ1) is 14.6. The molecule has 0 radical (unpaired) electrons. The Morgan fingerprint density at radius 1 is 1.27 bits per heavy atom. The molecule has 22 heavy (non-hydrogen) atoms. The van der Waals surface area contributed by atoms with Crippen LogP contribution in [0.1, 0.15) is 34.6 Å². The Labute approximate surface area is 126 Å². The molecule has 1 fully saturated rings. The lowest BCUT2D eigenvalue weighted by atomic mass is 10.2. The van der Waals surface area contributed by atoms with Crippen LogP contribution in [0.3, 0.4) is 0 Å². The molecule has 0 spiro atoms. The number of amides is 1. The first-order chi connectivity index (χ1) is 10.5. The summed E-state index contributed by atoms with van der Waals surface area (Å²) in [5.74, 6) is -1.55. The fraction of sp³-hybridized carbons (Fsp3) is 0.312. The third-order valence-electron chi connectivity index (χ3n) is 3.60. The van der Waals surface area contributed by atoms with Crippen LogP contribution < -0.4 is 0 Å². The number of aryl methyl sites for hydroxylation is 1. The van der Waals surface area contributed by atoms with E-state index >= 15 is 0 Å². The monoisotopic (exact) mass is 303 g/mol. The third kappa shape index (κ3) is 3.10. The fourth-order valence-corrected chi connectivity index (χ4v) is 2.24. The van der Waals surface area contributed by atoms with Crippen molar-refractivity contribution in [2.24, 2.45) is 0 Å². The molecule has 4 nitrogen and oxygen atoms in total. The molecule has 1 aliphatic carbocycles. The highest BCUT2D eigenvalue weighted by atomic mass is 19.1. The zero-order valence-electron chi connectivity index (χ0n) is 12.1. The Balaban J connectivity index is 1.83. The van der Waals surface area contributed by atoms with Gasteiger partial charge in [0.2, 0.25) is 0 Å². The number of carbonyl (C=O) groups excluding carboxylic acids is 1. The number of benzene rings is 1. The highest BCUT2D eigenvalue weighted by Gasteiger charge is 2.34. The number of aromatic nitrogens is 2. The van der Waals surface area contributed by atoms with Crippen molar-refractivity contribution in [3.8, 4) is 0 Å². The zero-order valence-corrected chi connectivity index (χ0v) is 12.1. The largest absolute Gasteiger partial charge is 0.330 e. The van der Waals surface area contributed by atoms with Crippen LogP contribution in [0.2, 0.25) is 0 Å². The van der Waals surface area contributed by atoms with Gasteiger partial charge in [0.15, 0.2) is 0 Å². The molecule has 2 aromatic rings. The van der Waals surface area contributed by atoms with E-state index in [9.17, 15) is 13.6 Å². The second-order valence-electron chi connectivity index (χ2n) is 5.44. The maximum absolute atomic E-state index is 13.8.